The molecule has 1 spiro atoms. The van der Waals surface area contributed by atoms with Crippen LogP contribution >= 0.6 is 0 Å². The number of fused-ring (bicyclic) bond motifs is 1. The first-order valence-electron chi connectivity index (χ1n) is 8.22. The molecule has 2 fully saturated rings. The maximum Gasteiger partial charge on any atom is 0.410 e. The van der Waals surface area contributed by atoms with Crippen LogP contribution in [0.3, 0.4) is 0 Å². The van der Waals surface area contributed by atoms with Crippen molar-refractivity contribution in [3.63, 3.8) is 0 Å². The quantitative estimate of drug-likeness (QED) is 0.840. The van der Waals surface area contributed by atoms with Crippen LogP contribution in [-0.2, 0) is 18.3 Å². The molecule has 126 valence electrons. The largest absolute Gasteiger partial charge is 0.439 e. The van der Waals surface area contributed by atoms with Crippen molar-refractivity contribution >= 4 is 17.0 Å². The molecule has 0 N–H and O–H groups in total. The maximum atomic E-state index is 12.6. The summed E-state index contributed by atoms with van der Waals surface area (Å²) in [6, 6.07) is 9.89. The SMILES string of the molecule is CN1C[C@]2(CCN(Cc3cc4ccccc4n(C)c3=O)C2)OC1=O. The van der Waals surface area contributed by atoms with E-state index < -0.39 is 5.60 Å². The predicted octanol–water partition coefficient (Wildman–Crippen LogP) is 1.56. The van der Waals surface area contributed by atoms with Crippen LogP contribution in [-0.4, -0.2) is 52.7 Å². The maximum absolute atomic E-state index is 12.6. The van der Waals surface area contributed by atoms with Crippen molar-refractivity contribution in [2.75, 3.05) is 26.7 Å². The first-order valence-corrected chi connectivity index (χ1v) is 8.22. The Morgan fingerprint density at radius 3 is 2.71 bits per heavy atom. The Bertz CT molecular complexity index is 875. The van der Waals surface area contributed by atoms with Crippen LogP contribution in [0.1, 0.15) is 12.0 Å². The molecule has 0 saturated carbocycles. The second-order valence-electron chi connectivity index (χ2n) is 6.96. The number of hydrogen-bond donors (Lipinski definition) is 0. The Labute approximate surface area is 140 Å². The summed E-state index contributed by atoms with van der Waals surface area (Å²) in [4.78, 5) is 28.1. The molecular weight excluding hydrogens is 306 g/mol. The molecule has 0 radical (unpaired) electrons. The van der Waals surface area contributed by atoms with Gasteiger partial charge in [0.1, 0.15) is 5.60 Å². The Morgan fingerprint density at radius 1 is 1.17 bits per heavy atom. The fraction of sp³-hybridized carbons (Fsp3) is 0.444. The van der Waals surface area contributed by atoms with E-state index >= 15 is 0 Å². The third-order valence-corrected chi connectivity index (χ3v) is 5.14. The van der Waals surface area contributed by atoms with E-state index in [9.17, 15) is 9.59 Å². The molecule has 1 atom stereocenters. The van der Waals surface area contributed by atoms with Gasteiger partial charge in [-0.15, -0.1) is 0 Å². The molecule has 24 heavy (non-hydrogen) atoms. The number of pyridine rings is 1. The lowest BCUT2D eigenvalue weighted by atomic mass is 10.0. The lowest BCUT2D eigenvalue weighted by Gasteiger charge is -2.22. The highest BCUT2D eigenvalue weighted by molar-refractivity contribution is 5.79. The summed E-state index contributed by atoms with van der Waals surface area (Å²) in [6.45, 7) is 2.72. The first-order chi connectivity index (χ1) is 11.5. The molecule has 1 amide bonds. The average molecular weight is 327 g/mol. The van der Waals surface area contributed by atoms with Gasteiger partial charge in [0.2, 0.25) is 0 Å². The van der Waals surface area contributed by atoms with Crippen molar-refractivity contribution in [3.05, 3.63) is 46.2 Å². The molecule has 1 aromatic heterocycles. The molecule has 1 aromatic carbocycles. The van der Waals surface area contributed by atoms with Gasteiger partial charge < -0.3 is 14.2 Å². The number of aryl methyl sites for hydroxylation is 1. The lowest BCUT2D eigenvalue weighted by molar-refractivity contribution is 0.0627. The minimum Gasteiger partial charge on any atom is -0.439 e. The third kappa shape index (κ3) is 2.38. The Hall–Kier alpha value is -2.34. The van der Waals surface area contributed by atoms with Gasteiger partial charge in [-0.1, -0.05) is 18.2 Å². The van der Waals surface area contributed by atoms with Crippen molar-refractivity contribution in [3.8, 4) is 0 Å². The number of para-hydroxylation sites is 1. The lowest BCUT2D eigenvalue weighted by Crippen LogP contribution is -2.37. The topological polar surface area (TPSA) is 54.8 Å². The van der Waals surface area contributed by atoms with Gasteiger partial charge in [0.25, 0.3) is 5.56 Å². The summed E-state index contributed by atoms with van der Waals surface area (Å²) in [5, 5.41) is 1.07. The van der Waals surface area contributed by atoms with E-state index in [-0.39, 0.29) is 11.7 Å². The molecule has 4 rings (SSSR count). The minimum absolute atomic E-state index is 0.0372. The van der Waals surface area contributed by atoms with Gasteiger partial charge in [0, 0.05) is 45.7 Å². The van der Waals surface area contributed by atoms with Gasteiger partial charge in [0.05, 0.1) is 12.1 Å². The van der Waals surface area contributed by atoms with E-state index in [1.54, 1.807) is 16.5 Å². The van der Waals surface area contributed by atoms with Crippen LogP contribution in [0.25, 0.3) is 10.9 Å². The zero-order chi connectivity index (χ0) is 16.9. The molecule has 0 aliphatic carbocycles. The van der Waals surface area contributed by atoms with Crippen LogP contribution in [0.2, 0.25) is 0 Å². The fourth-order valence-electron chi connectivity index (χ4n) is 3.91. The van der Waals surface area contributed by atoms with Gasteiger partial charge in [-0.05, 0) is 17.5 Å². The van der Waals surface area contributed by atoms with E-state index in [0.29, 0.717) is 19.6 Å². The van der Waals surface area contributed by atoms with E-state index in [0.717, 1.165) is 29.4 Å². The summed E-state index contributed by atoms with van der Waals surface area (Å²) in [7, 11) is 3.58. The van der Waals surface area contributed by atoms with E-state index in [1.165, 1.54) is 0 Å². The van der Waals surface area contributed by atoms with Crippen LogP contribution in [0.15, 0.2) is 35.1 Å². The molecule has 2 aromatic rings. The van der Waals surface area contributed by atoms with Gasteiger partial charge in [-0.3, -0.25) is 9.69 Å². The standard InChI is InChI=1S/C18H21N3O3/c1-19-11-18(24-17(19)23)7-8-21(12-18)10-14-9-13-5-3-4-6-15(13)20(2)16(14)22/h3-6,9H,7-8,10-12H2,1-2H3/t18-/m0/s1. The Balaban J connectivity index is 1.59. The molecule has 6 heteroatoms. The Kier molecular flexibility index (Phi) is 3.38. The monoisotopic (exact) mass is 327 g/mol. The van der Waals surface area contributed by atoms with Crippen LogP contribution in [0, 0.1) is 0 Å². The molecule has 3 heterocycles. The zero-order valence-corrected chi connectivity index (χ0v) is 14.0. The molecule has 0 unspecified atom stereocenters. The molecule has 2 aliphatic rings. The molecule has 2 saturated heterocycles. The van der Waals surface area contributed by atoms with Gasteiger partial charge in [-0.2, -0.15) is 0 Å². The van der Waals surface area contributed by atoms with E-state index in [2.05, 4.69) is 4.90 Å². The molecular formula is C18H21N3O3. The number of benzene rings is 1. The second kappa shape index (κ2) is 5.34. The number of aromatic nitrogens is 1. The molecule has 6 nitrogen and oxygen atoms in total. The number of likely N-dealkylation sites (tertiary alicyclic amines) is 1. The van der Waals surface area contributed by atoms with Crippen molar-refractivity contribution in [2.24, 2.45) is 7.05 Å². The van der Waals surface area contributed by atoms with Crippen molar-refractivity contribution in [1.82, 2.24) is 14.4 Å². The Morgan fingerprint density at radius 2 is 1.96 bits per heavy atom. The van der Waals surface area contributed by atoms with Crippen LogP contribution < -0.4 is 5.56 Å². The summed E-state index contributed by atoms with van der Waals surface area (Å²) < 4.78 is 7.28. The van der Waals surface area contributed by atoms with Crippen molar-refractivity contribution < 1.29 is 9.53 Å². The van der Waals surface area contributed by atoms with E-state index in [1.807, 2.05) is 37.4 Å². The van der Waals surface area contributed by atoms with Crippen molar-refractivity contribution in [2.45, 2.75) is 18.6 Å². The summed E-state index contributed by atoms with van der Waals surface area (Å²) in [5.74, 6) is 0. The highest BCUT2D eigenvalue weighted by Gasteiger charge is 2.48. The first kappa shape index (κ1) is 15.2. The van der Waals surface area contributed by atoms with Crippen LogP contribution in [0.5, 0.6) is 0 Å². The number of carbonyl (C=O) groups excluding carboxylic acids is 1. The number of ether oxygens (including phenoxy) is 1. The zero-order valence-electron chi connectivity index (χ0n) is 14.0. The van der Waals surface area contributed by atoms with Crippen LogP contribution in [0.4, 0.5) is 4.79 Å². The smallest absolute Gasteiger partial charge is 0.410 e. The number of nitrogens with zero attached hydrogens (tertiary/aromatic N) is 3. The predicted molar refractivity (Wildman–Crippen MR) is 90.9 cm³/mol. The minimum atomic E-state index is -0.409. The van der Waals surface area contributed by atoms with E-state index in [4.69, 9.17) is 4.74 Å². The number of amides is 1. The van der Waals surface area contributed by atoms with Gasteiger partial charge in [-0.25, -0.2) is 4.79 Å². The van der Waals surface area contributed by atoms with Crippen molar-refractivity contribution in [1.29, 1.82) is 0 Å². The number of hydrogen-bond acceptors (Lipinski definition) is 4. The summed E-state index contributed by atoms with van der Waals surface area (Å²) in [5.41, 5.74) is 1.35. The number of likely N-dealkylation sites (N-methyl/N-ethyl adjacent to an activating group) is 1. The average Bonchev–Trinajstić information content (AvgIpc) is 3.07. The fourth-order valence-corrected chi connectivity index (χ4v) is 3.91. The van der Waals surface area contributed by atoms with Gasteiger partial charge >= 0.3 is 6.09 Å². The number of rotatable bonds is 2. The molecule has 2 aliphatic heterocycles. The second-order valence-corrected chi connectivity index (χ2v) is 6.96. The normalized spacial score (nSPS) is 24.2. The highest BCUT2D eigenvalue weighted by atomic mass is 16.6. The van der Waals surface area contributed by atoms with Gasteiger partial charge in [0.15, 0.2) is 0 Å². The highest BCUT2D eigenvalue weighted by Crippen LogP contribution is 2.32. The number of carbonyl (C=O) groups is 1. The summed E-state index contributed by atoms with van der Waals surface area (Å²) >= 11 is 0. The summed E-state index contributed by atoms with van der Waals surface area (Å²) in [6.07, 6.45) is 0.565. The third-order valence-electron chi connectivity index (χ3n) is 5.14. The molecule has 0 bridgehead atoms.